The predicted molar refractivity (Wildman–Crippen MR) is 202 cm³/mol. The van der Waals surface area contributed by atoms with Crippen LogP contribution in [0.4, 0.5) is 4.39 Å². The Morgan fingerprint density at radius 3 is 1.85 bits per heavy atom. The summed E-state index contributed by atoms with van der Waals surface area (Å²) in [6.07, 6.45) is 13.6. The van der Waals surface area contributed by atoms with Gasteiger partial charge in [-0.1, -0.05) is 12.1 Å². The number of carbonyl (C=O) groups excluding carboxylic acids is 2. The molecule has 266 valence electrons. The molecule has 0 amide bonds. The molecule has 7 aromatic rings. The molecule has 0 spiro atoms. The Morgan fingerprint density at radius 1 is 0.717 bits per heavy atom. The van der Waals surface area contributed by atoms with Gasteiger partial charge in [-0.15, -0.1) is 0 Å². The van der Waals surface area contributed by atoms with Crippen molar-refractivity contribution in [3.63, 3.8) is 0 Å². The molecule has 1 N–H and O–H groups in total. The maximum atomic E-state index is 13.2. The van der Waals surface area contributed by atoms with Gasteiger partial charge in [-0.25, -0.2) is 14.0 Å². The summed E-state index contributed by atoms with van der Waals surface area (Å²) in [5, 5.41) is 2.24. The monoisotopic (exact) mass is 706 g/mol. The number of nitrogens with zero attached hydrogens (tertiary/aromatic N) is 3. The van der Waals surface area contributed by atoms with Crippen molar-refractivity contribution in [3.8, 4) is 5.69 Å². The molecule has 0 saturated heterocycles. The van der Waals surface area contributed by atoms with Crippen LogP contribution in [0.2, 0.25) is 0 Å². The number of nitrogens with one attached hydrogen (secondary N) is 1. The number of H-pyrrole nitrogens is 1. The SMILES string of the molecule is COC(=O)c1cc(C2CC2)cnc1Cc1ccc2[nH]ccc2c1.COC(=O)c1cc(C2CC2)cnc1Cc1ccc2c(ccn2-c2ccc(F)cc2)c1. The molecule has 8 nitrogen and oxygen atoms in total. The maximum absolute atomic E-state index is 13.2. The summed E-state index contributed by atoms with van der Waals surface area (Å²) in [6, 6.07) is 26.9. The summed E-state index contributed by atoms with van der Waals surface area (Å²) in [5.74, 6) is 0.189. The first-order valence-corrected chi connectivity index (χ1v) is 17.9. The van der Waals surface area contributed by atoms with Gasteiger partial charge in [-0.3, -0.25) is 9.97 Å². The van der Waals surface area contributed by atoms with E-state index < -0.39 is 0 Å². The van der Waals surface area contributed by atoms with Crippen LogP contribution in [-0.2, 0) is 22.3 Å². The fraction of sp³-hybridized carbons (Fsp3) is 0.227. The zero-order chi connectivity index (χ0) is 36.5. The predicted octanol–water partition coefficient (Wildman–Crippen LogP) is 9.24. The minimum Gasteiger partial charge on any atom is -0.465 e. The van der Waals surface area contributed by atoms with E-state index in [1.54, 1.807) is 12.1 Å². The van der Waals surface area contributed by atoms with Crippen molar-refractivity contribution in [2.45, 2.75) is 50.4 Å². The van der Waals surface area contributed by atoms with Gasteiger partial charge in [0.05, 0.1) is 42.3 Å². The largest absolute Gasteiger partial charge is 0.465 e. The number of fused-ring (bicyclic) bond motifs is 2. The number of carbonyl (C=O) groups is 2. The van der Waals surface area contributed by atoms with Crippen LogP contribution in [0.25, 0.3) is 27.5 Å². The van der Waals surface area contributed by atoms with E-state index in [-0.39, 0.29) is 17.8 Å². The Kier molecular flexibility index (Phi) is 9.31. The topological polar surface area (TPSA) is 99.1 Å². The van der Waals surface area contributed by atoms with E-state index in [2.05, 4.69) is 39.2 Å². The molecule has 0 bridgehead atoms. The normalized spacial score (nSPS) is 13.8. The van der Waals surface area contributed by atoms with E-state index in [0.717, 1.165) is 74.0 Å². The van der Waals surface area contributed by atoms with Crippen LogP contribution in [0.1, 0.15) is 91.9 Å². The summed E-state index contributed by atoms with van der Waals surface area (Å²) < 4.78 is 25.2. The average molecular weight is 707 g/mol. The molecule has 4 heterocycles. The summed E-state index contributed by atoms with van der Waals surface area (Å²) in [5.41, 5.74) is 10.2. The third kappa shape index (κ3) is 7.46. The molecule has 0 aliphatic heterocycles. The Labute approximate surface area is 306 Å². The lowest BCUT2D eigenvalue weighted by Crippen LogP contribution is -2.09. The van der Waals surface area contributed by atoms with Gasteiger partial charge < -0.3 is 19.0 Å². The fourth-order valence-electron chi connectivity index (χ4n) is 6.88. The second-order valence-corrected chi connectivity index (χ2v) is 13.9. The first kappa shape index (κ1) is 34.0. The fourth-order valence-corrected chi connectivity index (χ4v) is 6.88. The van der Waals surface area contributed by atoms with Crippen molar-refractivity contribution in [1.29, 1.82) is 0 Å². The number of rotatable bonds is 9. The molecule has 0 atom stereocenters. The van der Waals surface area contributed by atoms with E-state index in [0.29, 0.717) is 35.8 Å². The van der Waals surface area contributed by atoms with Gasteiger partial charge in [0.1, 0.15) is 5.82 Å². The number of hydrogen-bond donors (Lipinski definition) is 1. The number of aromatic amines is 1. The summed E-state index contributed by atoms with van der Waals surface area (Å²) >= 11 is 0. The zero-order valence-corrected chi connectivity index (χ0v) is 29.6. The molecule has 9 heteroatoms. The highest BCUT2D eigenvalue weighted by molar-refractivity contribution is 5.92. The quantitative estimate of drug-likeness (QED) is 0.150. The van der Waals surface area contributed by atoms with E-state index in [9.17, 15) is 14.0 Å². The van der Waals surface area contributed by atoms with Crippen molar-refractivity contribution in [3.05, 3.63) is 160 Å². The van der Waals surface area contributed by atoms with Gasteiger partial charge in [0.2, 0.25) is 0 Å². The second kappa shape index (κ2) is 14.5. The summed E-state index contributed by atoms with van der Waals surface area (Å²) in [7, 11) is 2.82. The number of ether oxygens (including phenoxy) is 2. The van der Waals surface area contributed by atoms with Crippen LogP contribution in [-0.4, -0.2) is 45.7 Å². The smallest absolute Gasteiger partial charge is 0.339 e. The number of aromatic nitrogens is 4. The maximum Gasteiger partial charge on any atom is 0.339 e. The lowest BCUT2D eigenvalue weighted by Gasteiger charge is -2.10. The first-order chi connectivity index (χ1) is 25.9. The number of methoxy groups -OCH3 is 2. The van der Waals surface area contributed by atoms with Gasteiger partial charge in [0.25, 0.3) is 0 Å². The van der Waals surface area contributed by atoms with Gasteiger partial charge in [-0.2, -0.15) is 0 Å². The molecule has 0 radical (unpaired) electrons. The van der Waals surface area contributed by atoms with E-state index in [4.69, 9.17) is 9.47 Å². The van der Waals surface area contributed by atoms with Crippen LogP contribution in [0, 0.1) is 5.82 Å². The number of halogens is 1. The van der Waals surface area contributed by atoms with Crippen molar-refractivity contribution >= 4 is 33.7 Å². The molecule has 2 aliphatic rings. The second-order valence-electron chi connectivity index (χ2n) is 13.9. The highest BCUT2D eigenvalue weighted by Gasteiger charge is 2.27. The molecule has 2 fully saturated rings. The highest BCUT2D eigenvalue weighted by atomic mass is 19.1. The molecule has 2 aliphatic carbocycles. The van der Waals surface area contributed by atoms with Crippen molar-refractivity contribution in [2.75, 3.05) is 14.2 Å². The van der Waals surface area contributed by atoms with Gasteiger partial charge in [-0.05, 0) is 138 Å². The molecule has 3 aromatic carbocycles. The Morgan fingerprint density at radius 2 is 1.28 bits per heavy atom. The molecule has 4 aromatic heterocycles. The van der Waals surface area contributed by atoms with Crippen molar-refractivity contribution < 1.29 is 23.5 Å². The lowest BCUT2D eigenvalue weighted by atomic mass is 10.0. The Hall–Kier alpha value is -6.09. The van der Waals surface area contributed by atoms with Gasteiger partial charge in [0.15, 0.2) is 0 Å². The number of esters is 2. The zero-order valence-electron chi connectivity index (χ0n) is 29.6. The van der Waals surface area contributed by atoms with Crippen LogP contribution in [0.5, 0.6) is 0 Å². The number of benzene rings is 3. The van der Waals surface area contributed by atoms with Crippen LogP contribution in [0.15, 0.2) is 110 Å². The van der Waals surface area contributed by atoms with Gasteiger partial charge in [0, 0.05) is 54.2 Å². The first-order valence-electron chi connectivity index (χ1n) is 17.9. The van der Waals surface area contributed by atoms with Crippen LogP contribution >= 0.6 is 0 Å². The van der Waals surface area contributed by atoms with E-state index in [1.807, 2.05) is 65.8 Å². The molecule has 9 rings (SSSR count). The standard InChI is InChI=1S/C25H21FN2O2.C19H18N2O2/c1-30-25(29)22-14-19(17-3-4-17)15-27-23(22)13-16-2-9-24-18(12-16)10-11-28(24)21-7-5-20(26)6-8-21;1-23-19(22)16-10-15(13-3-4-13)11-21-18(16)9-12-2-5-17-14(8-12)6-7-20-17/h2,5-12,14-15,17H,3-4,13H2,1H3;2,5-8,10-11,13,20H,3-4,9H2,1H3. The van der Waals surface area contributed by atoms with Crippen molar-refractivity contribution in [1.82, 2.24) is 19.5 Å². The van der Waals surface area contributed by atoms with E-state index in [1.165, 1.54) is 39.2 Å². The molecule has 0 unspecified atom stereocenters. The molecule has 2 saturated carbocycles. The highest BCUT2D eigenvalue weighted by Crippen LogP contribution is 2.41. The van der Waals surface area contributed by atoms with E-state index >= 15 is 0 Å². The van der Waals surface area contributed by atoms with Crippen LogP contribution < -0.4 is 0 Å². The molecular formula is C44H39FN4O4. The third-order valence-corrected chi connectivity index (χ3v) is 10.1. The number of hydrogen-bond acceptors (Lipinski definition) is 6. The Bertz CT molecular complexity index is 2460. The minimum atomic E-state index is -0.344. The molecular weight excluding hydrogens is 668 g/mol. The van der Waals surface area contributed by atoms with Gasteiger partial charge >= 0.3 is 11.9 Å². The summed E-state index contributed by atoms with van der Waals surface area (Å²) in [4.78, 5) is 36.8. The third-order valence-electron chi connectivity index (χ3n) is 10.1. The average Bonchev–Trinajstić information content (AvgIpc) is 4.13. The number of pyridine rings is 2. The summed E-state index contributed by atoms with van der Waals surface area (Å²) in [6.45, 7) is 0. The molecule has 53 heavy (non-hydrogen) atoms. The Balaban J connectivity index is 0.000000156. The lowest BCUT2D eigenvalue weighted by molar-refractivity contribution is 0.0590. The van der Waals surface area contributed by atoms with Crippen molar-refractivity contribution in [2.24, 2.45) is 0 Å². The van der Waals surface area contributed by atoms with Crippen LogP contribution in [0.3, 0.4) is 0 Å². The minimum absolute atomic E-state index is 0.251.